The predicted molar refractivity (Wildman–Crippen MR) is 78.5 cm³/mol. The Morgan fingerprint density at radius 1 is 1.14 bits per heavy atom. The van der Waals surface area contributed by atoms with E-state index in [1.165, 1.54) is 0 Å². The Hall–Kier alpha value is -2.43. The number of rotatable bonds is 6. The lowest BCUT2D eigenvalue weighted by Gasteiger charge is -2.09. The van der Waals surface area contributed by atoms with Crippen LogP contribution in [0.5, 0.6) is 5.88 Å². The van der Waals surface area contributed by atoms with Crippen LogP contribution in [0.4, 0.5) is 0 Å². The summed E-state index contributed by atoms with van der Waals surface area (Å²) in [7, 11) is 0. The number of ketones is 1. The van der Waals surface area contributed by atoms with E-state index in [-0.39, 0.29) is 18.8 Å². The molecule has 0 bridgehead atoms. The van der Waals surface area contributed by atoms with Gasteiger partial charge in [0.15, 0.2) is 5.78 Å². The van der Waals surface area contributed by atoms with Crippen LogP contribution < -0.4 is 4.74 Å². The van der Waals surface area contributed by atoms with Crippen molar-refractivity contribution in [2.75, 3.05) is 13.2 Å². The molecule has 0 aliphatic rings. The lowest BCUT2D eigenvalue weighted by molar-refractivity contribution is -0.141. The van der Waals surface area contributed by atoms with Crippen LogP contribution in [0.3, 0.4) is 0 Å². The third kappa shape index (κ3) is 3.56. The number of hydrogen-bond donors (Lipinski definition) is 0. The molecule has 1 aromatic carbocycles. The standard InChI is InChI=1S/C16H17NO4/c1-3-20-15-9-12(14(18)10-16(19)21-4-2)11-7-5-6-8-13(11)17-15/h5-9H,3-4,10H2,1-2H3. The molecule has 21 heavy (non-hydrogen) atoms. The van der Waals surface area contributed by atoms with Gasteiger partial charge in [-0.1, -0.05) is 18.2 Å². The van der Waals surface area contributed by atoms with Crippen LogP contribution in [0.1, 0.15) is 30.6 Å². The van der Waals surface area contributed by atoms with Crippen molar-refractivity contribution < 1.29 is 19.1 Å². The lowest BCUT2D eigenvalue weighted by atomic mass is 10.0. The van der Waals surface area contributed by atoms with Crippen molar-refractivity contribution in [1.82, 2.24) is 4.98 Å². The number of pyridine rings is 1. The molecule has 1 aromatic heterocycles. The number of carbonyl (C=O) groups is 2. The van der Waals surface area contributed by atoms with Gasteiger partial charge in [-0.25, -0.2) is 4.98 Å². The Morgan fingerprint density at radius 3 is 2.62 bits per heavy atom. The number of aromatic nitrogens is 1. The minimum Gasteiger partial charge on any atom is -0.478 e. The first-order valence-corrected chi connectivity index (χ1v) is 6.87. The van der Waals surface area contributed by atoms with E-state index in [9.17, 15) is 9.59 Å². The van der Waals surface area contributed by atoms with Gasteiger partial charge in [-0.05, 0) is 19.9 Å². The molecule has 2 rings (SSSR count). The number of hydrogen-bond acceptors (Lipinski definition) is 5. The zero-order chi connectivity index (χ0) is 15.2. The van der Waals surface area contributed by atoms with E-state index in [4.69, 9.17) is 9.47 Å². The number of esters is 1. The summed E-state index contributed by atoms with van der Waals surface area (Å²) in [6.45, 7) is 4.26. The zero-order valence-corrected chi connectivity index (χ0v) is 12.1. The first-order valence-electron chi connectivity index (χ1n) is 6.87. The topological polar surface area (TPSA) is 65.5 Å². The van der Waals surface area contributed by atoms with Gasteiger partial charge in [0.1, 0.15) is 6.42 Å². The summed E-state index contributed by atoms with van der Waals surface area (Å²) in [5.41, 5.74) is 1.09. The first kappa shape index (κ1) is 15.0. The molecule has 1 heterocycles. The van der Waals surface area contributed by atoms with Gasteiger partial charge in [-0.15, -0.1) is 0 Å². The Labute approximate surface area is 122 Å². The largest absolute Gasteiger partial charge is 0.478 e. The van der Waals surface area contributed by atoms with Gasteiger partial charge in [0.25, 0.3) is 0 Å². The molecule has 0 spiro atoms. The zero-order valence-electron chi connectivity index (χ0n) is 12.1. The maximum Gasteiger partial charge on any atom is 0.313 e. The quantitative estimate of drug-likeness (QED) is 0.464. The maximum absolute atomic E-state index is 12.3. The van der Waals surface area contributed by atoms with Gasteiger partial charge in [-0.2, -0.15) is 0 Å². The number of nitrogens with zero attached hydrogens (tertiary/aromatic N) is 1. The maximum atomic E-state index is 12.3. The number of fused-ring (bicyclic) bond motifs is 1. The van der Waals surface area contributed by atoms with E-state index in [1.54, 1.807) is 25.1 Å². The fraction of sp³-hybridized carbons (Fsp3) is 0.312. The summed E-state index contributed by atoms with van der Waals surface area (Å²) < 4.78 is 10.2. The fourth-order valence-electron chi connectivity index (χ4n) is 2.04. The molecule has 0 fully saturated rings. The molecule has 0 saturated heterocycles. The fourth-order valence-corrected chi connectivity index (χ4v) is 2.04. The highest BCUT2D eigenvalue weighted by Gasteiger charge is 2.17. The molecule has 110 valence electrons. The second kappa shape index (κ2) is 6.83. The van der Waals surface area contributed by atoms with Crippen molar-refractivity contribution >= 4 is 22.7 Å². The molecular weight excluding hydrogens is 270 g/mol. The van der Waals surface area contributed by atoms with Gasteiger partial charge < -0.3 is 9.47 Å². The van der Waals surface area contributed by atoms with E-state index in [2.05, 4.69) is 4.98 Å². The van der Waals surface area contributed by atoms with Crippen molar-refractivity contribution in [3.63, 3.8) is 0 Å². The van der Waals surface area contributed by atoms with Crippen LogP contribution in [0.25, 0.3) is 10.9 Å². The number of Topliss-reactive ketones (excluding diaryl/α,β-unsaturated/α-hetero) is 1. The van der Waals surface area contributed by atoms with Crippen LogP contribution in [0, 0.1) is 0 Å². The highest BCUT2D eigenvalue weighted by Crippen LogP contribution is 2.23. The van der Waals surface area contributed by atoms with Crippen molar-refractivity contribution in [1.29, 1.82) is 0 Å². The Bertz CT molecular complexity index is 666. The molecule has 0 atom stereocenters. The van der Waals surface area contributed by atoms with Crippen LogP contribution in [0.2, 0.25) is 0 Å². The molecule has 0 saturated carbocycles. The Morgan fingerprint density at radius 2 is 1.90 bits per heavy atom. The van der Waals surface area contributed by atoms with Crippen molar-refractivity contribution in [3.8, 4) is 5.88 Å². The highest BCUT2D eigenvalue weighted by molar-refractivity contribution is 6.13. The third-order valence-electron chi connectivity index (χ3n) is 2.90. The van der Waals surface area contributed by atoms with E-state index in [1.807, 2.05) is 19.1 Å². The lowest BCUT2D eigenvalue weighted by Crippen LogP contribution is -2.12. The van der Waals surface area contributed by atoms with Crippen molar-refractivity contribution in [2.24, 2.45) is 0 Å². The number of benzene rings is 1. The summed E-state index contributed by atoms with van der Waals surface area (Å²) >= 11 is 0. The average molecular weight is 287 g/mol. The molecule has 0 N–H and O–H groups in total. The molecule has 0 aliphatic heterocycles. The SMILES string of the molecule is CCOC(=O)CC(=O)c1cc(OCC)nc2ccccc12. The second-order valence-corrected chi connectivity index (χ2v) is 4.36. The summed E-state index contributed by atoms with van der Waals surface area (Å²) in [5, 5.41) is 0.704. The van der Waals surface area contributed by atoms with Crippen LogP contribution in [0.15, 0.2) is 30.3 Å². The summed E-state index contributed by atoms with van der Waals surface area (Å²) in [6, 6.07) is 8.85. The molecular formula is C16H17NO4. The molecule has 0 amide bonds. The van der Waals surface area contributed by atoms with Gasteiger partial charge >= 0.3 is 5.97 Å². The molecule has 5 heteroatoms. The predicted octanol–water partition coefficient (Wildman–Crippen LogP) is 2.77. The minimum atomic E-state index is -0.527. The Balaban J connectivity index is 2.40. The molecule has 0 aliphatic carbocycles. The summed E-state index contributed by atoms with van der Waals surface area (Å²) in [6.07, 6.45) is -0.284. The van der Waals surface area contributed by atoms with Gasteiger partial charge in [0.05, 0.1) is 18.7 Å². The smallest absolute Gasteiger partial charge is 0.313 e. The van der Waals surface area contributed by atoms with Crippen LogP contribution in [-0.2, 0) is 9.53 Å². The van der Waals surface area contributed by atoms with Gasteiger partial charge in [0.2, 0.25) is 5.88 Å². The monoisotopic (exact) mass is 287 g/mol. The first-order chi connectivity index (χ1) is 10.2. The average Bonchev–Trinajstić information content (AvgIpc) is 2.47. The summed E-state index contributed by atoms with van der Waals surface area (Å²) in [4.78, 5) is 28.1. The normalized spacial score (nSPS) is 10.4. The minimum absolute atomic E-state index is 0.257. The molecule has 0 unspecified atom stereocenters. The van der Waals surface area contributed by atoms with E-state index in [0.29, 0.717) is 29.0 Å². The molecule has 0 radical (unpaired) electrons. The van der Waals surface area contributed by atoms with Crippen LogP contribution in [-0.4, -0.2) is 30.0 Å². The highest BCUT2D eigenvalue weighted by atomic mass is 16.5. The van der Waals surface area contributed by atoms with E-state index < -0.39 is 5.97 Å². The van der Waals surface area contributed by atoms with E-state index >= 15 is 0 Å². The number of para-hydroxylation sites is 1. The van der Waals surface area contributed by atoms with Crippen molar-refractivity contribution in [2.45, 2.75) is 20.3 Å². The second-order valence-electron chi connectivity index (χ2n) is 4.36. The van der Waals surface area contributed by atoms with Crippen LogP contribution >= 0.6 is 0 Å². The van der Waals surface area contributed by atoms with Gasteiger partial charge in [0, 0.05) is 17.0 Å². The third-order valence-corrected chi connectivity index (χ3v) is 2.90. The molecule has 5 nitrogen and oxygen atoms in total. The van der Waals surface area contributed by atoms with E-state index in [0.717, 1.165) is 0 Å². The number of ether oxygens (including phenoxy) is 2. The van der Waals surface area contributed by atoms with Gasteiger partial charge in [-0.3, -0.25) is 9.59 Å². The van der Waals surface area contributed by atoms with Crippen molar-refractivity contribution in [3.05, 3.63) is 35.9 Å². The number of carbonyl (C=O) groups excluding carboxylic acids is 2. The summed E-state index contributed by atoms with van der Waals surface area (Å²) in [5.74, 6) is -0.447. The Kier molecular flexibility index (Phi) is 4.87. The molecule has 2 aromatic rings.